The summed E-state index contributed by atoms with van der Waals surface area (Å²) < 4.78 is 29.2. The molecule has 36 heavy (non-hydrogen) atoms. The van der Waals surface area contributed by atoms with Gasteiger partial charge in [-0.1, -0.05) is 41.9 Å². The van der Waals surface area contributed by atoms with Gasteiger partial charge in [-0.15, -0.1) is 0 Å². The number of carbonyl (C=O) groups is 1. The number of aromatic nitrogens is 2. The fourth-order valence-corrected chi connectivity index (χ4v) is 5.68. The number of hydrogen-bond donors (Lipinski definition) is 1. The van der Waals surface area contributed by atoms with Gasteiger partial charge in [0.05, 0.1) is 18.0 Å². The standard InChI is InChI=1S/C24H26ClN5O5S/c1-27-23(32)21(22(26)30(24(27)33)15-17-5-3-2-4-6-17)20(31)16-28-11-13-29(14-12-28)36(34,35)19-9-7-18(25)8-10-19/h2-10H,11-16,26H2,1H3. The molecule has 1 saturated heterocycles. The van der Waals surface area contributed by atoms with Crippen molar-refractivity contribution in [2.75, 3.05) is 38.5 Å². The van der Waals surface area contributed by atoms with E-state index in [1.807, 2.05) is 30.3 Å². The van der Waals surface area contributed by atoms with Crippen molar-refractivity contribution in [1.82, 2.24) is 18.3 Å². The monoisotopic (exact) mass is 531 g/mol. The van der Waals surface area contributed by atoms with Crippen molar-refractivity contribution in [1.29, 1.82) is 0 Å². The third-order valence-electron chi connectivity index (χ3n) is 6.20. The van der Waals surface area contributed by atoms with Crippen LogP contribution >= 0.6 is 11.6 Å². The zero-order valence-corrected chi connectivity index (χ0v) is 21.2. The van der Waals surface area contributed by atoms with Gasteiger partial charge in [0.15, 0.2) is 5.78 Å². The van der Waals surface area contributed by atoms with E-state index in [0.717, 1.165) is 10.1 Å². The molecule has 0 aliphatic carbocycles. The largest absolute Gasteiger partial charge is 0.384 e. The third kappa shape index (κ3) is 5.14. The molecule has 0 bridgehead atoms. The molecule has 1 aliphatic heterocycles. The molecular formula is C24H26ClN5O5S. The van der Waals surface area contributed by atoms with Gasteiger partial charge in [-0.25, -0.2) is 13.2 Å². The number of anilines is 1. The van der Waals surface area contributed by atoms with Crippen LogP contribution in [0.15, 0.2) is 69.1 Å². The van der Waals surface area contributed by atoms with E-state index in [2.05, 4.69) is 0 Å². The van der Waals surface area contributed by atoms with Crippen molar-refractivity contribution < 1.29 is 13.2 Å². The van der Waals surface area contributed by atoms with Crippen LogP contribution in [0.25, 0.3) is 0 Å². The number of piperazine rings is 1. The summed E-state index contributed by atoms with van der Waals surface area (Å²) in [6, 6.07) is 15.1. The molecular weight excluding hydrogens is 506 g/mol. The van der Waals surface area contributed by atoms with Gasteiger partial charge in [0, 0.05) is 38.2 Å². The molecule has 0 spiro atoms. The van der Waals surface area contributed by atoms with Gasteiger partial charge in [0.2, 0.25) is 10.0 Å². The second kappa shape index (κ2) is 10.4. The Morgan fingerprint density at radius 1 is 0.972 bits per heavy atom. The number of ketones is 1. The number of benzene rings is 2. The minimum absolute atomic E-state index is 0.112. The summed E-state index contributed by atoms with van der Waals surface area (Å²) in [7, 11) is -2.38. The van der Waals surface area contributed by atoms with Crippen molar-refractivity contribution in [3.8, 4) is 0 Å². The summed E-state index contributed by atoms with van der Waals surface area (Å²) in [5.74, 6) is -0.704. The number of nitrogen functional groups attached to an aromatic ring is 1. The second-order valence-electron chi connectivity index (χ2n) is 8.54. The number of sulfonamides is 1. The molecule has 2 aromatic carbocycles. The third-order valence-corrected chi connectivity index (χ3v) is 8.36. The Morgan fingerprint density at radius 2 is 1.58 bits per heavy atom. The van der Waals surface area contributed by atoms with Gasteiger partial charge in [-0.3, -0.25) is 23.6 Å². The lowest BCUT2D eigenvalue weighted by molar-refractivity contribution is 0.0899. The van der Waals surface area contributed by atoms with Crippen molar-refractivity contribution in [2.24, 2.45) is 7.05 Å². The van der Waals surface area contributed by atoms with Crippen LogP contribution in [0.5, 0.6) is 0 Å². The van der Waals surface area contributed by atoms with Gasteiger partial charge < -0.3 is 5.73 Å². The van der Waals surface area contributed by atoms with Gasteiger partial charge in [0.25, 0.3) is 5.56 Å². The molecule has 1 aromatic heterocycles. The number of rotatable bonds is 7. The van der Waals surface area contributed by atoms with E-state index in [4.69, 9.17) is 17.3 Å². The van der Waals surface area contributed by atoms with Crippen LogP contribution in [0.2, 0.25) is 5.02 Å². The highest BCUT2D eigenvalue weighted by Gasteiger charge is 2.30. The molecule has 12 heteroatoms. The lowest BCUT2D eigenvalue weighted by Gasteiger charge is -2.33. The average Bonchev–Trinajstić information content (AvgIpc) is 2.87. The molecule has 2 N–H and O–H groups in total. The van der Waals surface area contributed by atoms with Crippen molar-refractivity contribution in [3.05, 3.63) is 91.6 Å². The van der Waals surface area contributed by atoms with E-state index < -0.39 is 27.1 Å². The Kier molecular flexibility index (Phi) is 7.46. The van der Waals surface area contributed by atoms with Crippen LogP contribution in [0, 0.1) is 0 Å². The first-order valence-corrected chi connectivity index (χ1v) is 13.1. The van der Waals surface area contributed by atoms with E-state index in [9.17, 15) is 22.8 Å². The number of Topliss-reactive ketones (excluding diaryl/α,β-unsaturated/α-hetero) is 1. The molecule has 0 atom stereocenters. The highest BCUT2D eigenvalue weighted by Crippen LogP contribution is 2.20. The lowest BCUT2D eigenvalue weighted by Crippen LogP contribution is -2.50. The Bertz CT molecular complexity index is 1490. The van der Waals surface area contributed by atoms with Gasteiger partial charge >= 0.3 is 5.69 Å². The van der Waals surface area contributed by atoms with Crippen LogP contribution in [0.3, 0.4) is 0 Å². The maximum atomic E-state index is 13.2. The van der Waals surface area contributed by atoms with E-state index in [0.29, 0.717) is 18.1 Å². The Morgan fingerprint density at radius 3 is 2.19 bits per heavy atom. The molecule has 4 rings (SSSR count). The molecule has 10 nitrogen and oxygen atoms in total. The van der Waals surface area contributed by atoms with Crippen LogP contribution in [-0.2, 0) is 23.6 Å². The Labute approximate surface area is 213 Å². The predicted octanol–water partition coefficient (Wildman–Crippen LogP) is 1.02. The smallest absolute Gasteiger partial charge is 0.332 e. The number of carbonyl (C=O) groups excluding carboxylic acids is 1. The van der Waals surface area contributed by atoms with E-state index in [1.165, 1.54) is 40.2 Å². The second-order valence-corrected chi connectivity index (χ2v) is 10.9. The zero-order valence-electron chi connectivity index (χ0n) is 19.6. The Hall–Kier alpha value is -3.25. The van der Waals surface area contributed by atoms with Crippen LogP contribution in [0.1, 0.15) is 15.9 Å². The summed E-state index contributed by atoms with van der Waals surface area (Å²) in [6.07, 6.45) is 0. The van der Waals surface area contributed by atoms with Crippen LogP contribution in [0.4, 0.5) is 5.82 Å². The number of hydrogen-bond acceptors (Lipinski definition) is 7. The maximum absolute atomic E-state index is 13.2. The van der Waals surface area contributed by atoms with E-state index in [1.54, 1.807) is 4.90 Å². The SMILES string of the molecule is Cn1c(=O)c(C(=O)CN2CCN(S(=O)(=O)c3ccc(Cl)cc3)CC2)c(N)n(Cc2ccccc2)c1=O. The van der Waals surface area contributed by atoms with Gasteiger partial charge in [-0.05, 0) is 29.8 Å². The van der Waals surface area contributed by atoms with Crippen LogP contribution in [-0.4, -0.2) is 65.3 Å². The number of nitrogens with two attached hydrogens (primary N) is 1. The first kappa shape index (κ1) is 25.8. The molecule has 1 fully saturated rings. The zero-order chi connectivity index (χ0) is 26.0. The van der Waals surface area contributed by atoms with Gasteiger partial charge in [-0.2, -0.15) is 4.31 Å². The molecule has 1 aliphatic rings. The fraction of sp³-hybridized carbons (Fsp3) is 0.292. The Balaban J connectivity index is 1.50. The minimum atomic E-state index is -3.69. The first-order valence-electron chi connectivity index (χ1n) is 11.2. The normalized spacial score (nSPS) is 15.2. The maximum Gasteiger partial charge on any atom is 0.332 e. The number of halogens is 1. The topological polar surface area (TPSA) is 128 Å². The minimum Gasteiger partial charge on any atom is -0.384 e. The predicted molar refractivity (Wildman–Crippen MR) is 137 cm³/mol. The average molecular weight is 532 g/mol. The summed E-state index contributed by atoms with van der Waals surface area (Å²) in [4.78, 5) is 40.6. The summed E-state index contributed by atoms with van der Waals surface area (Å²) in [5, 5.41) is 0.442. The van der Waals surface area contributed by atoms with Crippen molar-refractivity contribution in [2.45, 2.75) is 11.4 Å². The van der Waals surface area contributed by atoms with Crippen molar-refractivity contribution in [3.63, 3.8) is 0 Å². The van der Waals surface area contributed by atoms with Crippen LogP contribution < -0.4 is 17.0 Å². The highest BCUT2D eigenvalue weighted by atomic mass is 35.5. The quantitative estimate of drug-likeness (QED) is 0.451. The van der Waals surface area contributed by atoms with Gasteiger partial charge in [0.1, 0.15) is 11.4 Å². The summed E-state index contributed by atoms with van der Waals surface area (Å²) in [6.45, 7) is 0.933. The molecule has 0 saturated carbocycles. The first-order chi connectivity index (χ1) is 17.1. The highest BCUT2D eigenvalue weighted by molar-refractivity contribution is 7.89. The van der Waals surface area contributed by atoms with E-state index in [-0.39, 0.29) is 42.5 Å². The molecule has 0 unspecified atom stereocenters. The molecule has 0 amide bonds. The van der Waals surface area contributed by atoms with E-state index >= 15 is 0 Å². The summed E-state index contributed by atoms with van der Waals surface area (Å²) in [5.41, 5.74) is 5.36. The molecule has 2 heterocycles. The van der Waals surface area contributed by atoms with Crippen molar-refractivity contribution >= 4 is 33.2 Å². The fourth-order valence-electron chi connectivity index (χ4n) is 4.13. The molecule has 190 valence electrons. The summed E-state index contributed by atoms with van der Waals surface area (Å²) >= 11 is 5.86. The molecule has 3 aromatic rings. The lowest BCUT2D eigenvalue weighted by atomic mass is 10.1. The molecule has 0 radical (unpaired) electrons. The number of nitrogens with zero attached hydrogens (tertiary/aromatic N) is 4.